The average molecular weight is 452 g/mol. The van der Waals surface area contributed by atoms with Crippen molar-refractivity contribution in [2.45, 2.75) is 76.8 Å². The summed E-state index contributed by atoms with van der Waals surface area (Å²) in [5, 5.41) is 5.82. The monoisotopic (exact) mass is 451 g/mol. The molecule has 1 saturated heterocycles. The van der Waals surface area contributed by atoms with E-state index in [1.54, 1.807) is 13.0 Å². The third-order valence-corrected chi connectivity index (χ3v) is 8.19. The largest absolute Gasteiger partial charge is 0.478 e. The van der Waals surface area contributed by atoms with Crippen LogP contribution in [0.15, 0.2) is 17.0 Å². The Morgan fingerprint density at radius 1 is 1.32 bits per heavy atom. The van der Waals surface area contributed by atoms with Crippen LogP contribution in [-0.2, 0) is 19.6 Å². The lowest BCUT2D eigenvalue weighted by Gasteiger charge is -2.34. The summed E-state index contributed by atoms with van der Waals surface area (Å²) in [5.74, 6) is -0.366. The zero-order chi connectivity index (χ0) is 23.0. The molecule has 3 rings (SSSR count). The standard InChI is InChI=1S/C22H33N3O5S/c1-6-17-21(27)23-16-11-14(3)19(12-18(16)30-17)31(28,29)25-10-8-9-15(13-25)20(26)24-22(4,5)7-2/h11-12,15,17H,6-10,13H2,1-5H3,(H,23,27)(H,24,26)/t15-,17-/m1/s1. The first-order valence-corrected chi connectivity index (χ1v) is 12.4. The van der Waals surface area contributed by atoms with Crippen LogP contribution in [0.2, 0.25) is 0 Å². The Balaban J connectivity index is 1.84. The van der Waals surface area contributed by atoms with Crippen molar-refractivity contribution in [3.05, 3.63) is 17.7 Å². The summed E-state index contributed by atoms with van der Waals surface area (Å²) in [6.07, 6.45) is 1.91. The number of carbonyl (C=O) groups is 2. The Morgan fingerprint density at radius 3 is 2.68 bits per heavy atom. The average Bonchev–Trinajstić information content (AvgIpc) is 2.72. The van der Waals surface area contributed by atoms with E-state index in [1.807, 2.05) is 27.7 Å². The molecule has 2 N–H and O–H groups in total. The number of benzene rings is 1. The van der Waals surface area contributed by atoms with E-state index in [2.05, 4.69) is 10.6 Å². The number of amides is 2. The van der Waals surface area contributed by atoms with Crippen molar-refractivity contribution in [1.29, 1.82) is 0 Å². The molecule has 1 aromatic rings. The first kappa shape index (κ1) is 23.5. The number of carbonyl (C=O) groups excluding carboxylic acids is 2. The van der Waals surface area contributed by atoms with Gasteiger partial charge in [0.05, 0.1) is 16.5 Å². The summed E-state index contributed by atoms with van der Waals surface area (Å²) in [6.45, 7) is 9.98. The maximum atomic E-state index is 13.5. The maximum absolute atomic E-state index is 13.5. The molecule has 0 bridgehead atoms. The number of anilines is 1. The van der Waals surface area contributed by atoms with E-state index in [0.717, 1.165) is 6.42 Å². The molecule has 0 aliphatic carbocycles. The van der Waals surface area contributed by atoms with E-state index in [0.29, 0.717) is 42.8 Å². The number of hydrogen-bond donors (Lipinski definition) is 2. The van der Waals surface area contributed by atoms with Gasteiger partial charge >= 0.3 is 0 Å². The predicted molar refractivity (Wildman–Crippen MR) is 119 cm³/mol. The molecule has 2 amide bonds. The van der Waals surface area contributed by atoms with Crippen LogP contribution in [0, 0.1) is 12.8 Å². The molecule has 2 heterocycles. The highest BCUT2D eigenvalue weighted by Gasteiger charge is 2.36. The number of fused-ring (bicyclic) bond motifs is 1. The Bertz CT molecular complexity index is 974. The van der Waals surface area contributed by atoms with E-state index >= 15 is 0 Å². The number of nitrogens with zero attached hydrogens (tertiary/aromatic N) is 1. The highest BCUT2D eigenvalue weighted by atomic mass is 32.2. The number of aryl methyl sites for hydroxylation is 1. The number of ether oxygens (including phenoxy) is 1. The molecule has 0 spiro atoms. The Kier molecular flexibility index (Phi) is 6.67. The van der Waals surface area contributed by atoms with Crippen LogP contribution in [0.5, 0.6) is 5.75 Å². The van der Waals surface area contributed by atoms with Crippen LogP contribution >= 0.6 is 0 Å². The van der Waals surface area contributed by atoms with Gasteiger partial charge in [0.1, 0.15) is 5.75 Å². The topological polar surface area (TPSA) is 105 Å². The van der Waals surface area contributed by atoms with Gasteiger partial charge in [-0.05, 0) is 58.1 Å². The second kappa shape index (κ2) is 8.78. The van der Waals surface area contributed by atoms with Crippen molar-refractivity contribution in [3.63, 3.8) is 0 Å². The second-order valence-electron chi connectivity index (χ2n) is 9.05. The summed E-state index contributed by atoms with van der Waals surface area (Å²) in [7, 11) is -3.82. The van der Waals surface area contributed by atoms with E-state index in [1.165, 1.54) is 10.4 Å². The third kappa shape index (κ3) is 4.87. The molecule has 1 fully saturated rings. The highest BCUT2D eigenvalue weighted by molar-refractivity contribution is 7.89. The molecule has 172 valence electrons. The van der Waals surface area contributed by atoms with E-state index in [-0.39, 0.29) is 34.7 Å². The fraction of sp³-hybridized carbons (Fsp3) is 0.636. The van der Waals surface area contributed by atoms with Crippen LogP contribution < -0.4 is 15.4 Å². The summed E-state index contributed by atoms with van der Waals surface area (Å²) in [4.78, 5) is 24.9. The van der Waals surface area contributed by atoms with Crippen molar-refractivity contribution >= 4 is 27.5 Å². The second-order valence-corrected chi connectivity index (χ2v) is 11.0. The van der Waals surface area contributed by atoms with Gasteiger partial charge in [0.25, 0.3) is 5.91 Å². The van der Waals surface area contributed by atoms with Crippen LogP contribution in [0.3, 0.4) is 0 Å². The van der Waals surface area contributed by atoms with E-state index in [4.69, 9.17) is 4.74 Å². The van der Waals surface area contributed by atoms with Crippen molar-refractivity contribution in [2.24, 2.45) is 5.92 Å². The molecule has 0 unspecified atom stereocenters. The molecule has 0 aromatic heterocycles. The SMILES string of the molecule is CC[C@H]1Oc2cc(S(=O)(=O)N3CCC[C@@H](C(=O)NC(C)(C)CC)C3)c(C)cc2NC1=O. The molecule has 31 heavy (non-hydrogen) atoms. The highest BCUT2D eigenvalue weighted by Crippen LogP contribution is 2.36. The van der Waals surface area contributed by atoms with Gasteiger partial charge in [-0.3, -0.25) is 9.59 Å². The van der Waals surface area contributed by atoms with Gasteiger partial charge < -0.3 is 15.4 Å². The summed E-state index contributed by atoms with van der Waals surface area (Å²) in [5.41, 5.74) is 0.672. The van der Waals surface area contributed by atoms with Crippen molar-refractivity contribution < 1.29 is 22.7 Å². The van der Waals surface area contributed by atoms with E-state index in [9.17, 15) is 18.0 Å². The molecule has 2 atom stereocenters. The van der Waals surface area contributed by atoms with Crippen molar-refractivity contribution in [2.75, 3.05) is 18.4 Å². The van der Waals surface area contributed by atoms with Crippen LogP contribution in [0.1, 0.15) is 58.9 Å². The Labute approximate surface area is 184 Å². The van der Waals surface area contributed by atoms with Gasteiger partial charge in [-0.2, -0.15) is 4.31 Å². The molecule has 8 nitrogen and oxygen atoms in total. The summed E-state index contributed by atoms with van der Waals surface area (Å²) < 4.78 is 34.1. The summed E-state index contributed by atoms with van der Waals surface area (Å²) >= 11 is 0. The molecular formula is C22H33N3O5S. The molecule has 1 aromatic carbocycles. The zero-order valence-electron chi connectivity index (χ0n) is 18.9. The molecule has 2 aliphatic heterocycles. The lowest BCUT2D eigenvalue weighted by Crippen LogP contribution is -2.50. The van der Waals surface area contributed by atoms with E-state index < -0.39 is 16.1 Å². The van der Waals surface area contributed by atoms with Gasteiger partial charge in [-0.1, -0.05) is 13.8 Å². The lowest BCUT2D eigenvalue weighted by molar-refractivity contribution is -0.127. The van der Waals surface area contributed by atoms with Crippen molar-refractivity contribution in [3.8, 4) is 5.75 Å². The first-order valence-electron chi connectivity index (χ1n) is 10.9. The normalized spacial score (nSPS) is 22.3. The Morgan fingerprint density at radius 2 is 2.03 bits per heavy atom. The minimum Gasteiger partial charge on any atom is -0.478 e. The number of piperidine rings is 1. The smallest absolute Gasteiger partial charge is 0.265 e. The maximum Gasteiger partial charge on any atom is 0.265 e. The zero-order valence-corrected chi connectivity index (χ0v) is 19.8. The van der Waals surface area contributed by atoms with Crippen molar-refractivity contribution in [1.82, 2.24) is 9.62 Å². The third-order valence-electron chi connectivity index (χ3n) is 6.19. The van der Waals surface area contributed by atoms with Gasteiger partial charge in [-0.15, -0.1) is 0 Å². The number of rotatable bonds is 6. The minimum atomic E-state index is -3.82. The molecule has 9 heteroatoms. The first-order chi connectivity index (χ1) is 14.5. The molecule has 2 aliphatic rings. The fourth-order valence-corrected chi connectivity index (χ4v) is 5.61. The van der Waals surface area contributed by atoms with Crippen LogP contribution in [-0.4, -0.2) is 49.3 Å². The molecule has 0 radical (unpaired) electrons. The number of nitrogens with one attached hydrogen (secondary N) is 2. The number of hydrogen-bond acceptors (Lipinski definition) is 5. The van der Waals surface area contributed by atoms with Gasteiger partial charge in [0, 0.05) is 24.7 Å². The number of sulfonamides is 1. The molecule has 0 saturated carbocycles. The minimum absolute atomic E-state index is 0.106. The van der Waals surface area contributed by atoms with Gasteiger partial charge in [-0.25, -0.2) is 8.42 Å². The summed E-state index contributed by atoms with van der Waals surface area (Å²) in [6, 6.07) is 3.12. The van der Waals surface area contributed by atoms with Gasteiger partial charge in [0.15, 0.2) is 6.10 Å². The van der Waals surface area contributed by atoms with Crippen LogP contribution in [0.25, 0.3) is 0 Å². The quantitative estimate of drug-likeness (QED) is 0.692. The lowest BCUT2D eigenvalue weighted by atomic mass is 9.95. The van der Waals surface area contributed by atoms with Crippen LogP contribution in [0.4, 0.5) is 5.69 Å². The Hall–Kier alpha value is -2.13. The predicted octanol–water partition coefficient (Wildman–Crippen LogP) is 2.81. The fourth-order valence-electron chi connectivity index (χ4n) is 3.87. The van der Waals surface area contributed by atoms with Gasteiger partial charge in [0.2, 0.25) is 15.9 Å². The molecular weight excluding hydrogens is 418 g/mol.